The predicted molar refractivity (Wildman–Crippen MR) is 124 cm³/mol. The number of anilines is 1. The van der Waals surface area contributed by atoms with Crippen molar-refractivity contribution < 1.29 is 13.2 Å². The highest BCUT2D eigenvalue weighted by Gasteiger charge is 2.28. The minimum absolute atomic E-state index is 0.336. The van der Waals surface area contributed by atoms with Gasteiger partial charge in [0.25, 0.3) is 0 Å². The summed E-state index contributed by atoms with van der Waals surface area (Å²) in [7, 11) is -3.47. The summed E-state index contributed by atoms with van der Waals surface area (Å²) in [6.45, 7) is 6.53. The number of benzene rings is 2. The molecule has 1 N–H and O–H groups in total. The molecule has 0 aliphatic carbocycles. The number of hydrogen-bond donors (Lipinski definition) is 1. The largest absolute Gasteiger partial charge is 0.494 e. The quantitative estimate of drug-likeness (QED) is 0.579. The van der Waals surface area contributed by atoms with Gasteiger partial charge in [0.15, 0.2) is 0 Å². The molecule has 3 aromatic rings. The van der Waals surface area contributed by atoms with Crippen LogP contribution in [-0.4, -0.2) is 37.4 Å². The number of para-hydroxylation sites is 1. The number of hydrogen-bond acceptors (Lipinski definition) is 5. The molecule has 0 amide bonds. The minimum atomic E-state index is -3.47. The van der Waals surface area contributed by atoms with Gasteiger partial charge in [-0.05, 0) is 62.1 Å². The fourth-order valence-corrected chi connectivity index (χ4v) is 5.37. The average molecular weight is 440 g/mol. The van der Waals surface area contributed by atoms with Crippen molar-refractivity contribution in [2.45, 2.75) is 38.1 Å². The number of fused-ring (bicyclic) bond motifs is 1. The molecular weight excluding hydrogens is 410 g/mol. The third kappa shape index (κ3) is 4.83. The fraction of sp³-hybridized carbons (Fsp3) is 0.375. The lowest BCUT2D eigenvalue weighted by atomic mass is 10.0. The Hall–Kier alpha value is -2.64. The Bertz CT molecular complexity index is 1160. The number of piperidine rings is 1. The third-order valence-electron chi connectivity index (χ3n) is 5.77. The second-order valence-corrected chi connectivity index (χ2v) is 9.97. The molecule has 0 bridgehead atoms. The maximum atomic E-state index is 13.0. The van der Waals surface area contributed by atoms with E-state index in [0.717, 1.165) is 40.9 Å². The van der Waals surface area contributed by atoms with E-state index in [2.05, 4.69) is 17.2 Å². The first kappa shape index (κ1) is 21.6. The molecule has 31 heavy (non-hydrogen) atoms. The lowest BCUT2D eigenvalue weighted by Gasteiger charge is -2.29. The number of aromatic nitrogens is 1. The maximum Gasteiger partial charge on any atom is 0.243 e. The zero-order valence-corrected chi connectivity index (χ0v) is 18.9. The molecule has 0 atom stereocenters. The molecule has 0 spiro atoms. The van der Waals surface area contributed by atoms with Crippen molar-refractivity contribution in [2.75, 3.05) is 25.0 Å². The highest BCUT2D eigenvalue weighted by Crippen LogP contribution is 2.26. The number of nitrogens with zero attached hydrogens (tertiary/aromatic N) is 2. The molecule has 1 fully saturated rings. The number of ether oxygens (including phenoxy) is 1. The lowest BCUT2D eigenvalue weighted by Crippen LogP contribution is -2.37. The summed E-state index contributed by atoms with van der Waals surface area (Å²) in [6.07, 6.45) is 1.83. The monoisotopic (exact) mass is 439 g/mol. The smallest absolute Gasteiger partial charge is 0.243 e. The predicted octanol–water partition coefficient (Wildman–Crippen LogP) is 4.67. The Kier molecular flexibility index (Phi) is 6.43. The molecule has 6 nitrogen and oxygen atoms in total. The summed E-state index contributed by atoms with van der Waals surface area (Å²) in [6, 6.07) is 16.9. The van der Waals surface area contributed by atoms with Crippen molar-refractivity contribution in [1.82, 2.24) is 9.29 Å². The van der Waals surface area contributed by atoms with Crippen molar-refractivity contribution in [1.29, 1.82) is 0 Å². The third-order valence-corrected chi connectivity index (χ3v) is 7.67. The van der Waals surface area contributed by atoms with Gasteiger partial charge in [-0.15, -0.1) is 0 Å². The van der Waals surface area contributed by atoms with Crippen molar-refractivity contribution in [3.05, 3.63) is 60.2 Å². The zero-order chi connectivity index (χ0) is 21.8. The van der Waals surface area contributed by atoms with E-state index < -0.39 is 10.0 Å². The van der Waals surface area contributed by atoms with E-state index in [1.807, 2.05) is 43.3 Å². The Morgan fingerprint density at radius 2 is 1.87 bits per heavy atom. The van der Waals surface area contributed by atoms with Gasteiger partial charge in [-0.2, -0.15) is 4.31 Å². The SMILES string of the molecule is CCOc1ccccc1CNc1ccc2cc(S(=O)(=O)N3CCC(C)CC3)ccc2n1. The summed E-state index contributed by atoms with van der Waals surface area (Å²) in [4.78, 5) is 4.99. The highest BCUT2D eigenvalue weighted by molar-refractivity contribution is 7.89. The van der Waals surface area contributed by atoms with E-state index in [9.17, 15) is 8.42 Å². The standard InChI is InChI=1S/C24H29N3O3S/c1-3-30-23-7-5-4-6-20(23)17-25-24-11-8-19-16-21(9-10-22(19)26-24)31(28,29)27-14-12-18(2)13-15-27/h4-11,16,18H,3,12-15,17H2,1-2H3,(H,25,26). The summed E-state index contributed by atoms with van der Waals surface area (Å²) in [5.74, 6) is 2.18. The Labute approximate surface area is 184 Å². The number of sulfonamides is 1. The van der Waals surface area contributed by atoms with Gasteiger partial charge < -0.3 is 10.1 Å². The van der Waals surface area contributed by atoms with Crippen LogP contribution in [0.1, 0.15) is 32.3 Å². The van der Waals surface area contributed by atoms with Gasteiger partial charge in [-0.3, -0.25) is 0 Å². The molecule has 1 saturated heterocycles. The van der Waals surface area contributed by atoms with Crippen LogP contribution in [0, 0.1) is 5.92 Å². The van der Waals surface area contributed by atoms with Crippen LogP contribution in [0.25, 0.3) is 10.9 Å². The van der Waals surface area contributed by atoms with Crippen LogP contribution >= 0.6 is 0 Å². The van der Waals surface area contributed by atoms with Crippen LogP contribution in [-0.2, 0) is 16.6 Å². The molecule has 164 valence electrons. The minimum Gasteiger partial charge on any atom is -0.494 e. The maximum absolute atomic E-state index is 13.0. The zero-order valence-electron chi connectivity index (χ0n) is 18.0. The molecule has 0 unspecified atom stereocenters. The van der Waals surface area contributed by atoms with Gasteiger partial charge in [0, 0.05) is 30.6 Å². The van der Waals surface area contributed by atoms with Gasteiger partial charge in [0.2, 0.25) is 10.0 Å². The van der Waals surface area contributed by atoms with Crippen LogP contribution in [0.5, 0.6) is 5.75 Å². The second-order valence-electron chi connectivity index (χ2n) is 8.03. The number of nitrogens with one attached hydrogen (secondary N) is 1. The molecule has 2 aromatic carbocycles. The fourth-order valence-electron chi connectivity index (χ4n) is 3.87. The first-order valence-corrected chi connectivity index (χ1v) is 12.3. The lowest BCUT2D eigenvalue weighted by molar-refractivity contribution is 0.288. The van der Waals surface area contributed by atoms with E-state index in [0.29, 0.717) is 37.1 Å². The van der Waals surface area contributed by atoms with Crippen molar-refractivity contribution in [3.63, 3.8) is 0 Å². The van der Waals surface area contributed by atoms with Crippen LogP contribution in [0.3, 0.4) is 0 Å². The Morgan fingerprint density at radius 1 is 1.10 bits per heavy atom. The van der Waals surface area contributed by atoms with Gasteiger partial charge >= 0.3 is 0 Å². The topological polar surface area (TPSA) is 71.5 Å². The van der Waals surface area contributed by atoms with E-state index in [-0.39, 0.29) is 0 Å². The van der Waals surface area contributed by atoms with Crippen molar-refractivity contribution in [2.24, 2.45) is 5.92 Å². The Balaban J connectivity index is 1.51. The molecule has 0 radical (unpaired) electrons. The van der Waals surface area contributed by atoms with Crippen molar-refractivity contribution >= 4 is 26.7 Å². The molecule has 1 aromatic heterocycles. The van der Waals surface area contributed by atoms with Gasteiger partial charge in [0.1, 0.15) is 11.6 Å². The van der Waals surface area contributed by atoms with Crippen LogP contribution in [0.4, 0.5) is 5.82 Å². The highest BCUT2D eigenvalue weighted by atomic mass is 32.2. The summed E-state index contributed by atoms with van der Waals surface area (Å²) < 4.78 is 33.3. The van der Waals surface area contributed by atoms with Gasteiger partial charge in [-0.25, -0.2) is 13.4 Å². The first-order valence-electron chi connectivity index (χ1n) is 10.8. The van der Waals surface area contributed by atoms with Crippen molar-refractivity contribution in [3.8, 4) is 5.75 Å². The molecule has 7 heteroatoms. The van der Waals surface area contributed by atoms with E-state index in [1.165, 1.54) is 0 Å². The molecule has 4 rings (SSSR count). The molecule has 1 aliphatic rings. The van der Waals surface area contributed by atoms with Gasteiger partial charge in [0.05, 0.1) is 17.0 Å². The first-order chi connectivity index (χ1) is 15.0. The van der Waals surface area contributed by atoms with E-state index in [4.69, 9.17) is 4.74 Å². The number of pyridine rings is 1. The molecular formula is C24H29N3O3S. The van der Waals surface area contributed by atoms with E-state index >= 15 is 0 Å². The normalized spacial score (nSPS) is 15.8. The van der Waals surface area contributed by atoms with Crippen LogP contribution in [0.2, 0.25) is 0 Å². The Morgan fingerprint density at radius 3 is 2.65 bits per heavy atom. The summed E-state index contributed by atoms with van der Waals surface area (Å²) in [5, 5.41) is 4.15. The number of rotatable bonds is 7. The van der Waals surface area contributed by atoms with Crippen LogP contribution in [0.15, 0.2) is 59.5 Å². The second kappa shape index (κ2) is 9.24. The summed E-state index contributed by atoms with van der Waals surface area (Å²) in [5.41, 5.74) is 1.82. The molecule has 1 aliphatic heterocycles. The molecule has 0 saturated carbocycles. The average Bonchev–Trinajstić information content (AvgIpc) is 2.78. The van der Waals surface area contributed by atoms with E-state index in [1.54, 1.807) is 22.5 Å². The summed E-state index contributed by atoms with van der Waals surface area (Å²) >= 11 is 0. The molecule has 2 heterocycles. The van der Waals surface area contributed by atoms with Crippen LogP contribution < -0.4 is 10.1 Å². The van der Waals surface area contributed by atoms with Gasteiger partial charge in [-0.1, -0.05) is 25.1 Å².